The van der Waals surface area contributed by atoms with E-state index >= 15 is 0 Å². The third-order valence-electron chi connectivity index (χ3n) is 4.19. The lowest BCUT2D eigenvalue weighted by molar-refractivity contribution is 0.650. The van der Waals surface area contributed by atoms with Crippen molar-refractivity contribution in [2.45, 2.75) is 44.2 Å². The van der Waals surface area contributed by atoms with E-state index in [1.54, 1.807) is 12.1 Å². The first kappa shape index (κ1) is 13.6. The molecule has 4 rings (SSSR count). The van der Waals surface area contributed by atoms with Crippen molar-refractivity contribution in [2.75, 3.05) is 5.32 Å². The van der Waals surface area contributed by atoms with E-state index in [2.05, 4.69) is 26.2 Å². The molecular formula is C16H16ClN5. The lowest BCUT2D eigenvalue weighted by atomic mass is 10.2. The Morgan fingerprint density at radius 1 is 1.27 bits per heavy atom. The molecule has 1 N–H and O–H groups in total. The first-order valence-corrected chi connectivity index (χ1v) is 8.01. The smallest absolute Gasteiger partial charge is 0.152 e. The van der Waals surface area contributed by atoms with Crippen molar-refractivity contribution in [3.8, 4) is 6.07 Å². The fourth-order valence-electron chi connectivity index (χ4n) is 2.71. The van der Waals surface area contributed by atoms with Gasteiger partial charge in [-0.2, -0.15) is 5.26 Å². The minimum atomic E-state index is 0.467. The van der Waals surface area contributed by atoms with Gasteiger partial charge < -0.3 is 9.88 Å². The molecule has 1 aromatic carbocycles. The van der Waals surface area contributed by atoms with Crippen LogP contribution in [0.15, 0.2) is 18.2 Å². The molecule has 0 radical (unpaired) electrons. The molecule has 2 fully saturated rings. The number of nitrogens with one attached hydrogen (secondary N) is 1. The number of anilines is 1. The molecule has 0 spiro atoms. The summed E-state index contributed by atoms with van der Waals surface area (Å²) in [5.41, 5.74) is 1.38. The highest BCUT2D eigenvalue weighted by molar-refractivity contribution is 6.32. The second kappa shape index (κ2) is 5.29. The summed E-state index contributed by atoms with van der Waals surface area (Å²) in [5, 5.41) is 21.5. The number of rotatable bonds is 5. The van der Waals surface area contributed by atoms with Crippen LogP contribution in [-0.4, -0.2) is 14.8 Å². The molecule has 0 amide bonds. The second-order valence-electron chi connectivity index (χ2n) is 6.01. The van der Waals surface area contributed by atoms with Crippen LogP contribution in [0.25, 0.3) is 0 Å². The standard InChI is InChI=1S/C16H16ClN5/c17-14-7-12(4-3-11(14)8-18)19-9-15-20-21-16(10-1-2-10)22(15)13-5-6-13/h3-4,7,10,13,19H,1-2,5-6,9H2. The Morgan fingerprint density at radius 2 is 2.09 bits per heavy atom. The van der Waals surface area contributed by atoms with Gasteiger partial charge in [0.15, 0.2) is 5.82 Å². The van der Waals surface area contributed by atoms with E-state index in [9.17, 15) is 0 Å². The van der Waals surface area contributed by atoms with E-state index in [0.717, 1.165) is 17.3 Å². The Labute approximate surface area is 133 Å². The van der Waals surface area contributed by atoms with Gasteiger partial charge in [-0.1, -0.05) is 11.6 Å². The van der Waals surface area contributed by atoms with Gasteiger partial charge in [-0.05, 0) is 43.9 Å². The first-order valence-electron chi connectivity index (χ1n) is 7.63. The Morgan fingerprint density at radius 3 is 2.73 bits per heavy atom. The molecule has 5 nitrogen and oxygen atoms in total. The second-order valence-corrected chi connectivity index (χ2v) is 6.42. The minimum Gasteiger partial charge on any atom is -0.378 e. The zero-order valence-corrected chi connectivity index (χ0v) is 12.8. The molecule has 6 heteroatoms. The van der Waals surface area contributed by atoms with Crippen molar-refractivity contribution in [3.05, 3.63) is 40.4 Å². The number of halogens is 1. The zero-order chi connectivity index (χ0) is 15.1. The summed E-state index contributed by atoms with van der Waals surface area (Å²) >= 11 is 6.06. The Bertz CT molecular complexity index is 752. The van der Waals surface area contributed by atoms with Crippen molar-refractivity contribution in [2.24, 2.45) is 0 Å². The van der Waals surface area contributed by atoms with E-state index in [4.69, 9.17) is 16.9 Å². The van der Waals surface area contributed by atoms with Gasteiger partial charge in [0.25, 0.3) is 0 Å². The Hall–Kier alpha value is -2.06. The fourth-order valence-corrected chi connectivity index (χ4v) is 2.93. The average molecular weight is 314 g/mol. The van der Waals surface area contributed by atoms with Crippen LogP contribution in [0.1, 0.15) is 54.9 Å². The molecule has 2 aliphatic rings. The van der Waals surface area contributed by atoms with Gasteiger partial charge in [-0.15, -0.1) is 10.2 Å². The van der Waals surface area contributed by atoms with E-state index in [1.807, 2.05) is 6.07 Å². The summed E-state index contributed by atoms with van der Waals surface area (Å²) in [6.45, 7) is 0.623. The van der Waals surface area contributed by atoms with E-state index in [1.165, 1.54) is 25.7 Å². The van der Waals surface area contributed by atoms with Crippen LogP contribution < -0.4 is 5.32 Å². The topological polar surface area (TPSA) is 66.5 Å². The maximum atomic E-state index is 8.91. The summed E-state index contributed by atoms with van der Waals surface area (Å²) in [7, 11) is 0. The van der Waals surface area contributed by atoms with Gasteiger partial charge in [0.1, 0.15) is 11.9 Å². The van der Waals surface area contributed by atoms with E-state index in [0.29, 0.717) is 29.1 Å². The number of nitriles is 1. The molecule has 0 atom stereocenters. The number of hydrogen-bond donors (Lipinski definition) is 1. The summed E-state index contributed by atoms with van der Waals surface area (Å²) < 4.78 is 2.33. The molecule has 112 valence electrons. The molecule has 0 aliphatic heterocycles. The summed E-state index contributed by atoms with van der Waals surface area (Å²) in [6, 6.07) is 8.03. The average Bonchev–Trinajstić information content (AvgIpc) is 3.44. The highest BCUT2D eigenvalue weighted by atomic mass is 35.5. The van der Waals surface area contributed by atoms with E-state index in [-0.39, 0.29) is 0 Å². The van der Waals surface area contributed by atoms with Crippen LogP contribution in [0.3, 0.4) is 0 Å². The number of aromatic nitrogens is 3. The summed E-state index contributed by atoms with van der Waals surface area (Å²) in [5.74, 6) is 2.77. The Kier molecular flexibility index (Phi) is 3.27. The highest BCUT2D eigenvalue weighted by Crippen LogP contribution is 2.44. The van der Waals surface area contributed by atoms with Gasteiger partial charge in [0.05, 0.1) is 17.1 Å². The van der Waals surface area contributed by atoms with Crippen molar-refractivity contribution in [1.29, 1.82) is 5.26 Å². The van der Waals surface area contributed by atoms with Crippen LogP contribution >= 0.6 is 11.6 Å². The lowest BCUT2D eigenvalue weighted by Crippen LogP contribution is -2.10. The van der Waals surface area contributed by atoms with Crippen LogP contribution in [0.4, 0.5) is 5.69 Å². The van der Waals surface area contributed by atoms with Crippen LogP contribution in [0, 0.1) is 11.3 Å². The number of hydrogen-bond acceptors (Lipinski definition) is 4. The number of benzene rings is 1. The third kappa shape index (κ3) is 2.55. The van der Waals surface area contributed by atoms with Crippen molar-refractivity contribution in [3.63, 3.8) is 0 Å². The lowest BCUT2D eigenvalue weighted by Gasteiger charge is -2.10. The van der Waals surface area contributed by atoms with Gasteiger partial charge in [0.2, 0.25) is 0 Å². The molecular weight excluding hydrogens is 298 g/mol. The molecule has 0 bridgehead atoms. The minimum absolute atomic E-state index is 0.467. The summed E-state index contributed by atoms with van der Waals surface area (Å²) in [4.78, 5) is 0. The SMILES string of the molecule is N#Cc1ccc(NCc2nnc(C3CC3)n2C2CC2)cc1Cl. The quantitative estimate of drug-likeness (QED) is 0.915. The van der Waals surface area contributed by atoms with E-state index < -0.39 is 0 Å². The fraction of sp³-hybridized carbons (Fsp3) is 0.438. The van der Waals surface area contributed by atoms with Crippen molar-refractivity contribution >= 4 is 17.3 Å². The van der Waals surface area contributed by atoms with Crippen LogP contribution in [0.2, 0.25) is 5.02 Å². The zero-order valence-electron chi connectivity index (χ0n) is 12.1. The van der Waals surface area contributed by atoms with Gasteiger partial charge >= 0.3 is 0 Å². The van der Waals surface area contributed by atoms with Crippen molar-refractivity contribution < 1.29 is 0 Å². The molecule has 2 saturated carbocycles. The normalized spacial score (nSPS) is 17.3. The van der Waals surface area contributed by atoms with Crippen LogP contribution in [0.5, 0.6) is 0 Å². The molecule has 2 aliphatic carbocycles. The predicted octanol–water partition coefficient (Wildman–Crippen LogP) is 3.63. The maximum absolute atomic E-state index is 8.91. The summed E-state index contributed by atoms with van der Waals surface area (Å²) in [6.07, 6.45) is 4.94. The van der Waals surface area contributed by atoms with Gasteiger partial charge in [-0.25, -0.2) is 0 Å². The van der Waals surface area contributed by atoms with Gasteiger partial charge in [0, 0.05) is 17.6 Å². The number of nitrogens with zero attached hydrogens (tertiary/aromatic N) is 4. The largest absolute Gasteiger partial charge is 0.378 e. The van der Waals surface area contributed by atoms with Crippen molar-refractivity contribution in [1.82, 2.24) is 14.8 Å². The van der Waals surface area contributed by atoms with Crippen LogP contribution in [-0.2, 0) is 6.54 Å². The third-order valence-corrected chi connectivity index (χ3v) is 4.50. The molecule has 2 aromatic rings. The molecule has 1 heterocycles. The highest BCUT2D eigenvalue weighted by Gasteiger charge is 2.36. The molecule has 0 saturated heterocycles. The monoisotopic (exact) mass is 313 g/mol. The van der Waals surface area contributed by atoms with Gasteiger partial charge in [-0.3, -0.25) is 0 Å². The first-order chi connectivity index (χ1) is 10.8. The molecule has 0 unspecified atom stereocenters. The predicted molar refractivity (Wildman–Crippen MR) is 83.8 cm³/mol. The molecule has 22 heavy (non-hydrogen) atoms. The Balaban J connectivity index is 1.52. The maximum Gasteiger partial charge on any atom is 0.152 e. The molecule has 1 aromatic heterocycles.